The van der Waals surface area contributed by atoms with E-state index in [9.17, 15) is 0 Å². The number of nitrogens with one attached hydrogen (secondary N) is 1. The van der Waals surface area contributed by atoms with Crippen LogP contribution in [0.4, 0.5) is 5.69 Å². The number of hydrogen-bond donors (Lipinski definition) is 1. The molecule has 100 valence electrons. The number of nitrogens with zero attached hydrogens (tertiary/aromatic N) is 2. The second kappa shape index (κ2) is 5.89. The van der Waals surface area contributed by atoms with Crippen LogP contribution in [0, 0.1) is 5.92 Å². The van der Waals surface area contributed by atoms with Crippen molar-refractivity contribution in [3.05, 3.63) is 42.7 Å². The molecule has 4 nitrogen and oxygen atoms in total. The standard InChI is InChI=1S/C15H19N3O/c1-2-5-15(18-9-3-8-17-18)14(4-1)16-12-13-6-10-19-11-7-13/h1-5,8-9,13,16H,6-7,10-12H2. The topological polar surface area (TPSA) is 39.1 Å². The Hall–Kier alpha value is -1.81. The van der Waals surface area contributed by atoms with Crippen LogP contribution in [0.25, 0.3) is 5.69 Å². The van der Waals surface area contributed by atoms with Gasteiger partial charge >= 0.3 is 0 Å². The summed E-state index contributed by atoms with van der Waals surface area (Å²) >= 11 is 0. The van der Waals surface area contributed by atoms with E-state index in [1.165, 1.54) is 0 Å². The normalized spacial score (nSPS) is 16.4. The number of rotatable bonds is 4. The highest BCUT2D eigenvalue weighted by atomic mass is 16.5. The number of aromatic nitrogens is 2. The largest absolute Gasteiger partial charge is 0.383 e. The summed E-state index contributed by atoms with van der Waals surface area (Å²) in [7, 11) is 0. The molecule has 0 aliphatic carbocycles. The summed E-state index contributed by atoms with van der Waals surface area (Å²) in [6.07, 6.45) is 6.07. The van der Waals surface area contributed by atoms with Gasteiger partial charge in [-0.25, -0.2) is 4.68 Å². The van der Waals surface area contributed by atoms with Crippen molar-refractivity contribution in [2.45, 2.75) is 12.8 Å². The molecule has 4 heteroatoms. The Kier molecular flexibility index (Phi) is 3.79. The van der Waals surface area contributed by atoms with E-state index < -0.39 is 0 Å². The van der Waals surface area contributed by atoms with Crippen LogP contribution in [0.1, 0.15) is 12.8 Å². The summed E-state index contributed by atoms with van der Waals surface area (Å²) < 4.78 is 7.29. The lowest BCUT2D eigenvalue weighted by Gasteiger charge is -2.23. The molecule has 1 aliphatic rings. The van der Waals surface area contributed by atoms with Crippen molar-refractivity contribution in [1.82, 2.24) is 9.78 Å². The van der Waals surface area contributed by atoms with Crippen molar-refractivity contribution in [3.8, 4) is 5.69 Å². The predicted molar refractivity (Wildman–Crippen MR) is 75.6 cm³/mol. The van der Waals surface area contributed by atoms with Crippen molar-refractivity contribution in [3.63, 3.8) is 0 Å². The van der Waals surface area contributed by atoms with Crippen LogP contribution in [0.3, 0.4) is 0 Å². The molecule has 3 rings (SSSR count). The monoisotopic (exact) mass is 257 g/mol. The summed E-state index contributed by atoms with van der Waals surface area (Å²) in [5.41, 5.74) is 2.23. The Morgan fingerprint density at radius 2 is 2.05 bits per heavy atom. The van der Waals surface area contributed by atoms with Gasteiger partial charge in [0.05, 0.1) is 11.4 Å². The molecule has 0 amide bonds. The van der Waals surface area contributed by atoms with Crippen LogP contribution in [-0.4, -0.2) is 29.5 Å². The Bertz CT molecular complexity index is 504. The van der Waals surface area contributed by atoms with Crippen molar-refractivity contribution >= 4 is 5.69 Å². The van der Waals surface area contributed by atoms with Crippen molar-refractivity contribution in [1.29, 1.82) is 0 Å². The molecule has 0 bridgehead atoms. The third kappa shape index (κ3) is 2.96. The van der Waals surface area contributed by atoms with Gasteiger partial charge in [0.2, 0.25) is 0 Å². The lowest BCUT2D eigenvalue weighted by molar-refractivity contribution is 0.0699. The van der Waals surface area contributed by atoms with Gasteiger partial charge in [0.1, 0.15) is 0 Å². The molecular weight excluding hydrogens is 238 g/mol. The van der Waals surface area contributed by atoms with Crippen molar-refractivity contribution in [2.75, 3.05) is 25.1 Å². The fraction of sp³-hybridized carbons (Fsp3) is 0.400. The quantitative estimate of drug-likeness (QED) is 0.915. The molecule has 1 N–H and O–H groups in total. The van der Waals surface area contributed by atoms with Gasteiger partial charge in [-0.2, -0.15) is 5.10 Å². The van der Waals surface area contributed by atoms with E-state index >= 15 is 0 Å². The third-order valence-corrected chi connectivity index (χ3v) is 3.58. The summed E-state index contributed by atoms with van der Waals surface area (Å²) in [6.45, 7) is 2.79. The van der Waals surface area contributed by atoms with Crippen LogP contribution >= 0.6 is 0 Å². The molecule has 0 atom stereocenters. The van der Waals surface area contributed by atoms with E-state index in [2.05, 4.69) is 28.6 Å². The van der Waals surface area contributed by atoms with Gasteiger partial charge in [0.25, 0.3) is 0 Å². The number of ether oxygens (including phenoxy) is 1. The highest BCUT2D eigenvalue weighted by molar-refractivity contribution is 5.60. The molecule has 19 heavy (non-hydrogen) atoms. The summed E-state index contributed by atoms with van der Waals surface area (Å²) in [6, 6.07) is 10.2. The SMILES string of the molecule is c1ccc(-n2cccn2)c(NCC2CCOCC2)c1. The van der Waals surface area contributed by atoms with Gasteiger partial charge in [-0.15, -0.1) is 0 Å². The average Bonchev–Trinajstić information content (AvgIpc) is 3.01. The Labute approximate surface area is 113 Å². The number of anilines is 1. The average molecular weight is 257 g/mol. The molecule has 1 aromatic heterocycles. The first-order valence-electron chi connectivity index (χ1n) is 6.84. The predicted octanol–water partition coefficient (Wildman–Crippen LogP) is 2.71. The zero-order valence-corrected chi connectivity index (χ0v) is 11.0. The van der Waals surface area contributed by atoms with Crippen LogP contribution in [0.15, 0.2) is 42.7 Å². The van der Waals surface area contributed by atoms with Gasteiger partial charge < -0.3 is 10.1 Å². The molecule has 0 spiro atoms. The Morgan fingerprint density at radius 1 is 1.21 bits per heavy atom. The highest BCUT2D eigenvalue weighted by Crippen LogP contribution is 2.21. The van der Waals surface area contributed by atoms with Crippen LogP contribution in [0.2, 0.25) is 0 Å². The van der Waals surface area contributed by atoms with E-state index in [1.807, 2.05) is 23.0 Å². The third-order valence-electron chi connectivity index (χ3n) is 3.58. The Balaban J connectivity index is 1.70. The molecular formula is C15H19N3O. The summed E-state index contributed by atoms with van der Waals surface area (Å²) in [5.74, 6) is 0.708. The minimum atomic E-state index is 0.708. The summed E-state index contributed by atoms with van der Waals surface area (Å²) in [4.78, 5) is 0. The highest BCUT2D eigenvalue weighted by Gasteiger charge is 2.14. The molecule has 0 saturated carbocycles. The Morgan fingerprint density at radius 3 is 2.84 bits per heavy atom. The first kappa shape index (κ1) is 12.2. The molecule has 1 aliphatic heterocycles. The van der Waals surface area contributed by atoms with Gasteiger partial charge in [0, 0.05) is 32.2 Å². The zero-order chi connectivity index (χ0) is 12.9. The lowest BCUT2D eigenvalue weighted by atomic mass is 10.0. The maximum Gasteiger partial charge on any atom is 0.0876 e. The number of benzene rings is 1. The van der Waals surface area contributed by atoms with Crippen molar-refractivity contribution in [2.24, 2.45) is 5.92 Å². The van der Waals surface area contributed by atoms with E-state index in [4.69, 9.17) is 4.74 Å². The molecule has 1 saturated heterocycles. The van der Waals surface area contributed by atoms with Crippen LogP contribution in [0.5, 0.6) is 0 Å². The first-order valence-corrected chi connectivity index (χ1v) is 6.84. The fourth-order valence-electron chi connectivity index (χ4n) is 2.44. The molecule has 0 unspecified atom stereocenters. The van der Waals surface area contributed by atoms with E-state index in [-0.39, 0.29) is 0 Å². The lowest BCUT2D eigenvalue weighted by Crippen LogP contribution is -2.23. The molecule has 2 heterocycles. The summed E-state index contributed by atoms with van der Waals surface area (Å²) in [5, 5.41) is 7.85. The van der Waals surface area contributed by atoms with Crippen LogP contribution in [-0.2, 0) is 4.74 Å². The molecule has 1 aromatic carbocycles. The minimum absolute atomic E-state index is 0.708. The molecule has 1 fully saturated rings. The zero-order valence-electron chi connectivity index (χ0n) is 11.0. The van der Waals surface area contributed by atoms with Crippen molar-refractivity contribution < 1.29 is 4.74 Å². The van der Waals surface area contributed by atoms with E-state index in [0.717, 1.165) is 44.0 Å². The maximum atomic E-state index is 5.39. The van der Waals surface area contributed by atoms with Gasteiger partial charge in [-0.1, -0.05) is 12.1 Å². The maximum absolute atomic E-state index is 5.39. The first-order chi connectivity index (χ1) is 9.43. The smallest absolute Gasteiger partial charge is 0.0876 e. The second-order valence-electron chi connectivity index (χ2n) is 4.90. The van der Waals surface area contributed by atoms with E-state index in [1.54, 1.807) is 6.20 Å². The minimum Gasteiger partial charge on any atom is -0.383 e. The van der Waals surface area contributed by atoms with Crippen LogP contribution < -0.4 is 5.32 Å². The molecule has 0 radical (unpaired) electrons. The van der Waals surface area contributed by atoms with Gasteiger partial charge in [-0.05, 0) is 37.0 Å². The number of hydrogen-bond acceptors (Lipinski definition) is 3. The second-order valence-corrected chi connectivity index (χ2v) is 4.90. The number of para-hydroxylation sites is 2. The molecule has 2 aromatic rings. The fourth-order valence-corrected chi connectivity index (χ4v) is 2.44. The van der Waals surface area contributed by atoms with E-state index in [0.29, 0.717) is 5.92 Å². The van der Waals surface area contributed by atoms with Gasteiger partial charge in [0.15, 0.2) is 0 Å². The van der Waals surface area contributed by atoms with Gasteiger partial charge in [-0.3, -0.25) is 0 Å².